The quantitative estimate of drug-likeness (QED) is 0.585. The van der Waals surface area contributed by atoms with Crippen molar-refractivity contribution < 1.29 is 24.5 Å². The summed E-state index contributed by atoms with van der Waals surface area (Å²) in [5.74, 6) is 0.641. The number of aliphatic hydroxyl groups is 3. The van der Waals surface area contributed by atoms with Crippen molar-refractivity contribution in [2.75, 3.05) is 26.4 Å². The van der Waals surface area contributed by atoms with Gasteiger partial charge in [0.2, 0.25) is 0 Å². The average Bonchev–Trinajstić information content (AvgIpc) is 3.16. The lowest BCUT2D eigenvalue weighted by atomic mass is 9.41. The molecule has 0 bridgehead atoms. The minimum absolute atomic E-state index is 0.0157. The maximum atomic E-state index is 12.4. The highest BCUT2D eigenvalue weighted by Crippen LogP contribution is 2.71. The van der Waals surface area contributed by atoms with Gasteiger partial charge in [0.15, 0.2) is 0 Å². The molecule has 36 heavy (non-hydrogen) atoms. The SMILES string of the molecule is C[C@]12CC[C@H](N3CCOC[C@@H]3CO)C[C@@]1(O)CC[C@@H]1[C@@H]2CC[C@]2(C)[C@@H](c3ccc(=O)oc3)CC[C@]12O. The summed E-state index contributed by atoms with van der Waals surface area (Å²) in [6.45, 7) is 6.70. The molecule has 0 radical (unpaired) electrons. The third-order valence-electron chi connectivity index (χ3n) is 12.0. The summed E-state index contributed by atoms with van der Waals surface area (Å²) in [6, 6.07) is 3.66. The summed E-state index contributed by atoms with van der Waals surface area (Å²) in [6.07, 6.45) is 9.46. The van der Waals surface area contributed by atoms with Crippen LogP contribution in [0, 0.1) is 22.7 Å². The second-order valence-electron chi connectivity index (χ2n) is 13.1. The fourth-order valence-corrected chi connectivity index (χ4v) is 9.89. The van der Waals surface area contributed by atoms with Crippen LogP contribution >= 0.6 is 0 Å². The second-order valence-corrected chi connectivity index (χ2v) is 13.1. The number of hydrogen-bond acceptors (Lipinski definition) is 7. The number of morpholine rings is 1. The van der Waals surface area contributed by atoms with Gasteiger partial charge in [0.05, 0.1) is 43.3 Å². The molecule has 4 aliphatic carbocycles. The number of rotatable bonds is 3. The van der Waals surface area contributed by atoms with E-state index in [1.807, 2.05) is 6.07 Å². The van der Waals surface area contributed by atoms with Crippen molar-refractivity contribution in [3.05, 3.63) is 34.4 Å². The lowest BCUT2D eigenvalue weighted by Crippen LogP contribution is -2.68. The zero-order valence-corrected chi connectivity index (χ0v) is 21.8. The standard InChI is InChI=1S/C29H43NO6/c1-26-9-5-20(30-13-14-35-18-21(30)16-31)15-28(26,33)11-7-24-23(26)6-10-27(2)22(8-12-29(24,27)34)19-3-4-25(32)36-17-19/h3-4,17,20-24,31,33-34H,5-16,18H2,1-2H3/t20-,21-,22+,23-,24+,26+,27+,28-,29-/m0/s1. The largest absolute Gasteiger partial charge is 0.431 e. The summed E-state index contributed by atoms with van der Waals surface area (Å²) in [5, 5.41) is 34.6. The van der Waals surface area contributed by atoms with E-state index in [4.69, 9.17) is 9.15 Å². The Kier molecular flexibility index (Phi) is 6.01. The highest BCUT2D eigenvalue weighted by molar-refractivity contribution is 5.28. The summed E-state index contributed by atoms with van der Waals surface area (Å²) >= 11 is 0. The van der Waals surface area contributed by atoms with Gasteiger partial charge < -0.3 is 24.5 Å². The number of aliphatic hydroxyl groups excluding tert-OH is 1. The number of hydrogen-bond donors (Lipinski definition) is 3. The van der Waals surface area contributed by atoms with Crippen molar-refractivity contribution in [2.45, 2.75) is 101 Å². The van der Waals surface area contributed by atoms with Gasteiger partial charge in [0, 0.05) is 24.1 Å². The first-order valence-electron chi connectivity index (χ1n) is 14.1. The van der Waals surface area contributed by atoms with Gasteiger partial charge >= 0.3 is 5.63 Å². The van der Waals surface area contributed by atoms with Crippen LogP contribution in [0.4, 0.5) is 0 Å². The number of fused-ring (bicyclic) bond motifs is 5. The van der Waals surface area contributed by atoms with Crippen LogP contribution in [0.2, 0.25) is 0 Å². The number of ether oxygens (including phenoxy) is 1. The summed E-state index contributed by atoms with van der Waals surface area (Å²) < 4.78 is 10.8. The first kappa shape index (κ1) is 25.1. The Bertz CT molecular complexity index is 1020. The zero-order chi connectivity index (χ0) is 25.3. The third kappa shape index (κ3) is 3.39. The van der Waals surface area contributed by atoms with Crippen molar-refractivity contribution in [1.29, 1.82) is 0 Å². The van der Waals surface area contributed by atoms with E-state index in [2.05, 4.69) is 18.7 Å². The van der Waals surface area contributed by atoms with Crippen LogP contribution in [-0.2, 0) is 4.74 Å². The molecule has 5 fully saturated rings. The maximum absolute atomic E-state index is 12.4. The van der Waals surface area contributed by atoms with Crippen LogP contribution in [0.1, 0.15) is 83.1 Å². The predicted octanol–water partition coefficient (Wildman–Crippen LogP) is 3.06. The molecule has 2 heterocycles. The molecule has 200 valence electrons. The molecule has 0 amide bonds. The molecule has 5 aliphatic rings. The minimum atomic E-state index is -0.774. The number of nitrogens with zero attached hydrogens (tertiary/aromatic N) is 1. The van der Waals surface area contributed by atoms with Gasteiger partial charge in [-0.05, 0) is 92.6 Å². The fraction of sp³-hybridized carbons (Fsp3) is 0.828. The summed E-state index contributed by atoms with van der Waals surface area (Å²) in [7, 11) is 0. The van der Waals surface area contributed by atoms with Crippen molar-refractivity contribution >= 4 is 0 Å². The lowest BCUT2D eigenvalue weighted by molar-refractivity contribution is -0.252. The van der Waals surface area contributed by atoms with Crippen LogP contribution in [-0.4, -0.2) is 69.9 Å². The smallest absolute Gasteiger partial charge is 0.335 e. The van der Waals surface area contributed by atoms with Gasteiger partial charge in [-0.25, -0.2) is 4.79 Å². The van der Waals surface area contributed by atoms with E-state index >= 15 is 0 Å². The van der Waals surface area contributed by atoms with E-state index in [-0.39, 0.29) is 47.0 Å². The minimum Gasteiger partial charge on any atom is -0.431 e. The Morgan fingerprint density at radius 3 is 2.53 bits per heavy atom. The molecule has 1 aromatic heterocycles. The van der Waals surface area contributed by atoms with E-state index in [9.17, 15) is 20.1 Å². The third-order valence-corrected chi connectivity index (χ3v) is 12.0. The van der Waals surface area contributed by atoms with E-state index in [0.717, 1.165) is 69.9 Å². The van der Waals surface area contributed by atoms with E-state index in [0.29, 0.717) is 19.1 Å². The van der Waals surface area contributed by atoms with E-state index in [1.54, 1.807) is 6.26 Å². The molecule has 7 heteroatoms. The van der Waals surface area contributed by atoms with Gasteiger partial charge in [0.1, 0.15) is 0 Å². The molecular formula is C29H43NO6. The van der Waals surface area contributed by atoms with Crippen LogP contribution in [0.3, 0.4) is 0 Å². The van der Waals surface area contributed by atoms with Crippen molar-refractivity contribution in [3.8, 4) is 0 Å². The molecule has 1 saturated heterocycles. The Morgan fingerprint density at radius 2 is 1.78 bits per heavy atom. The topological polar surface area (TPSA) is 103 Å². The Balaban J connectivity index is 1.26. The molecule has 4 saturated carbocycles. The van der Waals surface area contributed by atoms with Crippen LogP contribution in [0.25, 0.3) is 0 Å². The normalized spacial score (nSPS) is 49.2. The molecule has 7 nitrogen and oxygen atoms in total. The van der Waals surface area contributed by atoms with Gasteiger partial charge in [-0.15, -0.1) is 0 Å². The van der Waals surface area contributed by atoms with Gasteiger partial charge in [-0.3, -0.25) is 4.90 Å². The Morgan fingerprint density at radius 1 is 1.00 bits per heavy atom. The lowest BCUT2D eigenvalue weighted by Gasteiger charge is -2.66. The van der Waals surface area contributed by atoms with E-state index in [1.165, 1.54) is 6.07 Å². The summed E-state index contributed by atoms with van der Waals surface area (Å²) in [4.78, 5) is 13.9. The molecule has 0 aromatic carbocycles. The van der Waals surface area contributed by atoms with Crippen molar-refractivity contribution in [1.82, 2.24) is 4.90 Å². The Labute approximate surface area is 213 Å². The summed E-state index contributed by atoms with van der Waals surface area (Å²) in [5.41, 5.74) is -1.32. The van der Waals surface area contributed by atoms with Gasteiger partial charge in [-0.1, -0.05) is 13.8 Å². The molecule has 0 unspecified atom stereocenters. The zero-order valence-electron chi connectivity index (χ0n) is 21.8. The van der Waals surface area contributed by atoms with Crippen LogP contribution in [0.15, 0.2) is 27.6 Å². The predicted molar refractivity (Wildman–Crippen MR) is 135 cm³/mol. The Hall–Kier alpha value is -1.25. The fourth-order valence-electron chi connectivity index (χ4n) is 9.89. The van der Waals surface area contributed by atoms with Crippen molar-refractivity contribution in [2.24, 2.45) is 22.7 Å². The first-order chi connectivity index (χ1) is 17.2. The van der Waals surface area contributed by atoms with Crippen molar-refractivity contribution in [3.63, 3.8) is 0 Å². The molecule has 1 aromatic rings. The average molecular weight is 502 g/mol. The highest BCUT2D eigenvalue weighted by atomic mass is 16.5. The van der Waals surface area contributed by atoms with E-state index < -0.39 is 11.2 Å². The van der Waals surface area contributed by atoms with Crippen LogP contribution < -0.4 is 5.63 Å². The molecular weight excluding hydrogens is 458 g/mol. The van der Waals surface area contributed by atoms with Gasteiger partial charge in [0.25, 0.3) is 0 Å². The van der Waals surface area contributed by atoms with Gasteiger partial charge in [-0.2, -0.15) is 0 Å². The van der Waals surface area contributed by atoms with Crippen LogP contribution in [0.5, 0.6) is 0 Å². The molecule has 0 spiro atoms. The highest BCUT2D eigenvalue weighted by Gasteiger charge is 2.70. The molecule has 1 aliphatic heterocycles. The maximum Gasteiger partial charge on any atom is 0.335 e. The molecule has 9 atom stereocenters. The second kappa shape index (κ2) is 8.63. The molecule has 6 rings (SSSR count). The first-order valence-corrected chi connectivity index (χ1v) is 14.1. The molecule has 3 N–H and O–H groups in total. The monoisotopic (exact) mass is 501 g/mol.